The van der Waals surface area contributed by atoms with E-state index in [0.29, 0.717) is 16.8 Å². The van der Waals surface area contributed by atoms with Crippen molar-refractivity contribution in [2.24, 2.45) is 0 Å². The van der Waals surface area contributed by atoms with Crippen LogP contribution in [-0.2, 0) is 0 Å². The first kappa shape index (κ1) is 14.1. The van der Waals surface area contributed by atoms with Crippen LogP contribution in [0.15, 0.2) is 29.1 Å². The number of H-pyrrole nitrogens is 1. The van der Waals surface area contributed by atoms with Crippen molar-refractivity contribution in [3.05, 3.63) is 40.4 Å². The van der Waals surface area contributed by atoms with Crippen molar-refractivity contribution in [2.45, 2.75) is 18.9 Å². The van der Waals surface area contributed by atoms with Crippen LogP contribution in [0, 0.1) is 5.82 Å². The molecule has 1 aliphatic rings. The van der Waals surface area contributed by atoms with Gasteiger partial charge in [0.2, 0.25) is 0 Å². The number of halogens is 1. The number of nitrogens with one attached hydrogen (secondary N) is 1. The number of aromatic nitrogens is 1. The normalized spacial score (nSPS) is 16.9. The average molecular weight is 289 g/mol. The molecule has 2 aromatic rings. The molecular weight excluding hydrogens is 269 g/mol. The SMILES string of the molecule is CN(C)C1CCN(c2cc3c(F)cccc3c(=O)[nH]2)CC1. The maximum atomic E-state index is 13.9. The molecule has 0 amide bonds. The van der Waals surface area contributed by atoms with Crippen molar-refractivity contribution in [3.63, 3.8) is 0 Å². The maximum absolute atomic E-state index is 13.9. The van der Waals surface area contributed by atoms with Crippen LogP contribution in [0.3, 0.4) is 0 Å². The van der Waals surface area contributed by atoms with Gasteiger partial charge in [-0.05, 0) is 45.1 Å². The van der Waals surface area contributed by atoms with Crippen molar-refractivity contribution in [1.82, 2.24) is 9.88 Å². The minimum absolute atomic E-state index is 0.225. The molecule has 0 bridgehead atoms. The summed E-state index contributed by atoms with van der Waals surface area (Å²) in [6.45, 7) is 1.75. The minimum atomic E-state index is -0.344. The first-order valence-corrected chi connectivity index (χ1v) is 7.29. The molecule has 0 radical (unpaired) electrons. The molecule has 112 valence electrons. The Morgan fingerprint density at radius 1 is 1.24 bits per heavy atom. The third-order valence-corrected chi connectivity index (χ3v) is 4.36. The first-order valence-electron chi connectivity index (χ1n) is 7.29. The van der Waals surface area contributed by atoms with Crippen molar-refractivity contribution >= 4 is 16.6 Å². The highest BCUT2D eigenvalue weighted by molar-refractivity contribution is 5.84. The highest BCUT2D eigenvalue weighted by Gasteiger charge is 2.21. The molecule has 0 saturated carbocycles. The molecule has 21 heavy (non-hydrogen) atoms. The fourth-order valence-electron chi connectivity index (χ4n) is 3.03. The van der Waals surface area contributed by atoms with Gasteiger partial charge in [0.05, 0.1) is 5.39 Å². The Bertz CT molecular complexity index is 702. The molecule has 0 spiro atoms. The van der Waals surface area contributed by atoms with Gasteiger partial charge in [-0.2, -0.15) is 0 Å². The largest absolute Gasteiger partial charge is 0.358 e. The van der Waals surface area contributed by atoms with Gasteiger partial charge in [0, 0.05) is 24.5 Å². The van der Waals surface area contributed by atoms with E-state index >= 15 is 0 Å². The lowest BCUT2D eigenvalue weighted by Crippen LogP contribution is -2.42. The van der Waals surface area contributed by atoms with E-state index in [9.17, 15) is 9.18 Å². The van der Waals surface area contributed by atoms with Gasteiger partial charge < -0.3 is 14.8 Å². The Morgan fingerprint density at radius 3 is 2.62 bits per heavy atom. The highest BCUT2D eigenvalue weighted by atomic mass is 19.1. The second-order valence-electron chi connectivity index (χ2n) is 5.87. The van der Waals surface area contributed by atoms with Gasteiger partial charge in [-0.15, -0.1) is 0 Å². The van der Waals surface area contributed by atoms with Crippen LogP contribution in [0.4, 0.5) is 10.2 Å². The minimum Gasteiger partial charge on any atom is -0.358 e. The fourth-order valence-corrected chi connectivity index (χ4v) is 3.03. The van der Waals surface area contributed by atoms with Crippen LogP contribution in [-0.4, -0.2) is 43.1 Å². The number of aromatic amines is 1. The molecule has 3 rings (SSSR count). The Balaban J connectivity index is 1.92. The maximum Gasteiger partial charge on any atom is 0.257 e. The second-order valence-corrected chi connectivity index (χ2v) is 5.87. The number of hydrogen-bond donors (Lipinski definition) is 1. The van der Waals surface area contributed by atoms with Crippen LogP contribution in [0.25, 0.3) is 10.8 Å². The first-order chi connectivity index (χ1) is 10.1. The summed E-state index contributed by atoms with van der Waals surface area (Å²) in [4.78, 5) is 19.4. The molecule has 0 unspecified atom stereocenters. The van der Waals surface area contributed by atoms with Crippen LogP contribution >= 0.6 is 0 Å². The summed E-state index contributed by atoms with van der Waals surface area (Å²) in [6.07, 6.45) is 2.09. The molecule has 1 aromatic heterocycles. The third-order valence-electron chi connectivity index (χ3n) is 4.36. The summed E-state index contributed by atoms with van der Waals surface area (Å²) in [5.41, 5.74) is -0.225. The van der Waals surface area contributed by atoms with Crippen LogP contribution in [0.5, 0.6) is 0 Å². The van der Waals surface area contributed by atoms with E-state index in [4.69, 9.17) is 0 Å². The van der Waals surface area contributed by atoms with Gasteiger partial charge in [-0.25, -0.2) is 4.39 Å². The number of hydrogen-bond acceptors (Lipinski definition) is 3. The molecule has 1 aromatic carbocycles. The number of benzene rings is 1. The van der Waals surface area contributed by atoms with Gasteiger partial charge in [0.25, 0.3) is 5.56 Å². The van der Waals surface area contributed by atoms with Crippen LogP contribution in [0.1, 0.15) is 12.8 Å². The van der Waals surface area contributed by atoms with Crippen molar-refractivity contribution in [3.8, 4) is 0 Å². The molecule has 4 nitrogen and oxygen atoms in total. The fraction of sp³-hybridized carbons (Fsp3) is 0.438. The summed E-state index contributed by atoms with van der Waals surface area (Å²) >= 11 is 0. The van der Waals surface area contributed by atoms with Crippen molar-refractivity contribution in [2.75, 3.05) is 32.1 Å². The van der Waals surface area contributed by atoms with Crippen molar-refractivity contribution in [1.29, 1.82) is 0 Å². The molecule has 5 heteroatoms. The smallest absolute Gasteiger partial charge is 0.257 e. The molecule has 1 aliphatic heterocycles. The van der Waals surface area contributed by atoms with Gasteiger partial charge in [-0.1, -0.05) is 6.07 Å². The monoisotopic (exact) mass is 289 g/mol. The lowest BCUT2D eigenvalue weighted by molar-refractivity contribution is 0.249. The van der Waals surface area contributed by atoms with E-state index in [-0.39, 0.29) is 11.4 Å². The van der Waals surface area contributed by atoms with Crippen LogP contribution < -0.4 is 10.5 Å². The topological polar surface area (TPSA) is 39.3 Å². The van der Waals surface area contributed by atoms with Gasteiger partial charge in [-0.3, -0.25) is 4.79 Å². The molecular formula is C16H20FN3O. The Hall–Kier alpha value is -1.88. The molecule has 1 N–H and O–H groups in total. The quantitative estimate of drug-likeness (QED) is 0.921. The Kier molecular flexibility index (Phi) is 3.68. The summed E-state index contributed by atoms with van der Waals surface area (Å²) in [5, 5.41) is 0.799. The summed E-state index contributed by atoms with van der Waals surface area (Å²) in [7, 11) is 4.18. The predicted octanol–water partition coefficient (Wildman–Crippen LogP) is 2.20. The zero-order chi connectivity index (χ0) is 15.0. The van der Waals surface area contributed by atoms with E-state index < -0.39 is 0 Å². The number of piperidine rings is 1. The Labute approximate surface area is 123 Å². The summed E-state index contributed by atoms with van der Waals surface area (Å²) in [6, 6.07) is 6.94. The molecule has 1 fully saturated rings. The predicted molar refractivity (Wildman–Crippen MR) is 83.4 cm³/mol. The number of pyridine rings is 1. The van der Waals surface area contributed by atoms with E-state index in [1.54, 1.807) is 18.2 Å². The lowest BCUT2D eigenvalue weighted by Gasteiger charge is -2.36. The second kappa shape index (κ2) is 5.48. The molecule has 2 heterocycles. The number of anilines is 1. The van der Waals surface area contributed by atoms with Gasteiger partial charge >= 0.3 is 0 Å². The van der Waals surface area contributed by atoms with E-state index in [2.05, 4.69) is 28.9 Å². The molecule has 0 atom stereocenters. The van der Waals surface area contributed by atoms with Gasteiger partial charge in [0.1, 0.15) is 11.6 Å². The highest BCUT2D eigenvalue weighted by Crippen LogP contribution is 2.23. The van der Waals surface area contributed by atoms with Crippen molar-refractivity contribution < 1.29 is 4.39 Å². The number of rotatable bonds is 2. The standard InChI is InChI=1S/C16H20FN3O/c1-19(2)11-6-8-20(9-7-11)15-10-13-12(16(21)18-15)4-3-5-14(13)17/h3-5,10-11H,6-9H2,1-2H3,(H,18,21). The zero-order valence-corrected chi connectivity index (χ0v) is 12.4. The summed E-state index contributed by atoms with van der Waals surface area (Å²) in [5.74, 6) is 0.373. The zero-order valence-electron chi connectivity index (χ0n) is 12.4. The Morgan fingerprint density at radius 2 is 1.95 bits per heavy atom. The van der Waals surface area contributed by atoms with Gasteiger partial charge in [0.15, 0.2) is 0 Å². The number of nitrogens with zero attached hydrogens (tertiary/aromatic N) is 2. The average Bonchev–Trinajstić information content (AvgIpc) is 2.48. The van der Waals surface area contributed by atoms with E-state index in [1.165, 1.54) is 6.07 Å². The van der Waals surface area contributed by atoms with E-state index in [0.717, 1.165) is 31.7 Å². The van der Waals surface area contributed by atoms with Crippen LogP contribution in [0.2, 0.25) is 0 Å². The third kappa shape index (κ3) is 2.65. The lowest BCUT2D eigenvalue weighted by atomic mass is 10.0. The molecule has 0 aliphatic carbocycles. The van der Waals surface area contributed by atoms with E-state index in [1.807, 2.05) is 0 Å². The number of fused-ring (bicyclic) bond motifs is 1. The summed E-state index contributed by atoms with van der Waals surface area (Å²) < 4.78 is 13.9. The molecule has 1 saturated heterocycles.